The van der Waals surface area contributed by atoms with Gasteiger partial charge in [0.1, 0.15) is 5.58 Å². The van der Waals surface area contributed by atoms with Crippen LogP contribution < -0.4 is 5.32 Å². The van der Waals surface area contributed by atoms with Crippen molar-refractivity contribution in [3.8, 4) is 0 Å². The van der Waals surface area contributed by atoms with Crippen LogP contribution in [0.2, 0.25) is 0 Å². The van der Waals surface area contributed by atoms with E-state index >= 15 is 0 Å². The minimum absolute atomic E-state index is 0.0471. The number of amides is 2. The Balaban J connectivity index is 1.39. The van der Waals surface area contributed by atoms with E-state index in [1.165, 1.54) is 0 Å². The Morgan fingerprint density at radius 3 is 2.94 bits per heavy atom. The van der Waals surface area contributed by atoms with E-state index in [2.05, 4.69) is 5.32 Å². The molecule has 0 saturated carbocycles. The molecule has 9 nitrogen and oxygen atoms in total. The summed E-state index contributed by atoms with van der Waals surface area (Å²) in [5, 5.41) is 12.7. The third-order valence-corrected chi connectivity index (χ3v) is 6.02. The molecule has 34 heavy (non-hydrogen) atoms. The highest BCUT2D eigenvalue weighted by molar-refractivity contribution is 5.92. The Morgan fingerprint density at radius 2 is 2.12 bits per heavy atom. The lowest BCUT2D eigenvalue weighted by molar-refractivity contribution is -0.151. The van der Waals surface area contributed by atoms with E-state index in [9.17, 15) is 9.59 Å². The lowest BCUT2D eigenvalue weighted by atomic mass is 9.92. The fourth-order valence-electron chi connectivity index (χ4n) is 4.33. The van der Waals surface area contributed by atoms with Crippen LogP contribution in [0.3, 0.4) is 0 Å². The Hall–Kier alpha value is -2.88. The van der Waals surface area contributed by atoms with Gasteiger partial charge in [0, 0.05) is 49.3 Å². The second-order valence-electron chi connectivity index (χ2n) is 8.41. The van der Waals surface area contributed by atoms with Crippen molar-refractivity contribution >= 4 is 22.8 Å². The van der Waals surface area contributed by atoms with Crippen molar-refractivity contribution in [2.45, 2.75) is 37.9 Å². The Bertz CT molecular complexity index is 1000. The van der Waals surface area contributed by atoms with Gasteiger partial charge in [0.25, 0.3) is 5.91 Å². The Kier molecular flexibility index (Phi) is 8.56. The van der Waals surface area contributed by atoms with Crippen LogP contribution in [0, 0.1) is 0 Å². The van der Waals surface area contributed by atoms with Gasteiger partial charge in [-0.25, -0.2) is 0 Å². The van der Waals surface area contributed by atoms with Gasteiger partial charge in [-0.15, -0.1) is 0 Å². The van der Waals surface area contributed by atoms with Crippen LogP contribution in [-0.4, -0.2) is 74.2 Å². The molecule has 2 aliphatic rings. The molecule has 184 valence electrons. The molecule has 1 aromatic heterocycles. The zero-order valence-corrected chi connectivity index (χ0v) is 19.2. The number of ether oxygens (including phenoxy) is 3. The molecule has 0 aliphatic carbocycles. The monoisotopic (exact) mass is 472 g/mol. The SMILES string of the molecule is O=C(NCCCN1CCCC1=O)C1=C[C@@H](c2coc3ccccc23)C[C@@H](OCCOCCO)O1. The second-order valence-corrected chi connectivity index (χ2v) is 8.41. The van der Waals surface area contributed by atoms with Crippen LogP contribution in [0.25, 0.3) is 11.0 Å². The van der Waals surface area contributed by atoms with Gasteiger partial charge in [0.05, 0.1) is 32.7 Å². The molecule has 2 atom stereocenters. The van der Waals surface area contributed by atoms with Crippen molar-refractivity contribution in [3.05, 3.63) is 47.9 Å². The van der Waals surface area contributed by atoms with Gasteiger partial charge in [0.2, 0.25) is 12.2 Å². The third kappa shape index (κ3) is 6.16. The van der Waals surface area contributed by atoms with Gasteiger partial charge in [-0.05, 0) is 25.0 Å². The summed E-state index contributed by atoms with van der Waals surface area (Å²) in [6.45, 7) is 2.68. The topological polar surface area (TPSA) is 110 Å². The summed E-state index contributed by atoms with van der Waals surface area (Å²) < 4.78 is 22.7. The number of para-hydroxylation sites is 1. The molecule has 0 bridgehead atoms. The predicted molar refractivity (Wildman–Crippen MR) is 124 cm³/mol. The molecule has 9 heteroatoms. The number of benzene rings is 1. The third-order valence-electron chi connectivity index (χ3n) is 6.02. The summed E-state index contributed by atoms with van der Waals surface area (Å²) in [5.41, 5.74) is 1.76. The molecule has 2 aromatic rings. The van der Waals surface area contributed by atoms with E-state index in [1.54, 1.807) is 6.26 Å². The number of hydrogen-bond donors (Lipinski definition) is 2. The number of aliphatic hydroxyl groups excluding tert-OH is 1. The number of nitrogens with one attached hydrogen (secondary N) is 1. The molecule has 0 unspecified atom stereocenters. The zero-order chi connectivity index (χ0) is 23.8. The first-order valence-electron chi connectivity index (χ1n) is 11.9. The minimum atomic E-state index is -0.621. The summed E-state index contributed by atoms with van der Waals surface area (Å²) in [7, 11) is 0. The van der Waals surface area contributed by atoms with Gasteiger partial charge >= 0.3 is 0 Å². The molecule has 4 rings (SSSR count). The van der Waals surface area contributed by atoms with Crippen molar-refractivity contribution in [1.29, 1.82) is 0 Å². The number of fused-ring (bicyclic) bond motifs is 1. The van der Waals surface area contributed by atoms with E-state index in [0.717, 1.165) is 29.5 Å². The molecular weight excluding hydrogens is 440 g/mol. The molecule has 1 saturated heterocycles. The van der Waals surface area contributed by atoms with Crippen molar-refractivity contribution in [3.63, 3.8) is 0 Å². The normalized spacial score (nSPS) is 20.4. The standard InChI is InChI=1S/C25H32N2O7/c28-11-12-31-13-14-32-24-16-18(20-17-33-21-6-2-1-5-19(20)21)15-22(34-24)25(30)26-8-4-10-27-9-3-7-23(27)29/h1-2,5-6,15,17-18,24,28H,3-4,7-14,16H2,(H,26,30)/t18-,24+/m1/s1. The lowest BCUT2D eigenvalue weighted by Crippen LogP contribution is -2.35. The number of hydrogen-bond acceptors (Lipinski definition) is 7. The molecule has 2 N–H and O–H groups in total. The lowest BCUT2D eigenvalue weighted by Gasteiger charge is -2.29. The fourth-order valence-corrected chi connectivity index (χ4v) is 4.33. The Morgan fingerprint density at radius 1 is 1.24 bits per heavy atom. The Labute approximate surface area is 198 Å². The van der Waals surface area contributed by atoms with Crippen LogP contribution in [0.15, 0.2) is 46.8 Å². The molecule has 3 heterocycles. The van der Waals surface area contributed by atoms with E-state index in [4.69, 9.17) is 23.7 Å². The number of carbonyl (C=O) groups excluding carboxylic acids is 2. The second kappa shape index (κ2) is 12.0. The summed E-state index contributed by atoms with van der Waals surface area (Å²) in [6.07, 6.45) is 5.65. The average Bonchev–Trinajstić information content (AvgIpc) is 3.47. The van der Waals surface area contributed by atoms with Gasteiger partial charge in [-0.2, -0.15) is 0 Å². The quantitative estimate of drug-likeness (QED) is 0.456. The van der Waals surface area contributed by atoms with E-state index in [1.807, 2.05) is 35.2 Å². The fraction of sp³-hybridized carbons (Fsp3) is 0.520. The number of furan rings is 1. The smallest absolute Gasteiger partial charge is 0.286 e. The first-order chi connectivity index (χ1) is 16.7. The van der Waals surface area contributed by atoms with Crippen LogP contribution >= 0.6 is 0 Å². The highest BCUT2D eigenvalue weighted by Gasteiger charge is 2.30. The molecule has 0 radical (unpaired) electrons. The van der Waals surface area contributed by atoms with E-state index in [0.29, 0.717) is 39.0 Å². The van der Waals surface area contributed by atoms with Gasteiger partial charge in [-0.3, -0.25) is 9.59 Å². The summed E-state index contributed by atoms with van der Waals surface area (Å²) in [5.74, 6) is -0.0399. The van der Waals surface area contributed by atoms with Crippen LogP contribution in [0.5, 0.6) is 0 Å². The molecule has 1 aromatic carbocycles. The molecule has 0 spiro atoms. The number of rotatable bonds is 12. The van der Waals surface area contributed by atoms with Gasteiger partial charge in [0.15, 0.2) is 5.76 Å². The van der Waals surface area contributed by atoms with Crippen LogP contribution in [0.4, 0.5) is 0 Å². The van der Waals surface area contributed by atoms with Gasteiger partial charge < -0.3 is 34.0 Å². The van der Waals surface area contributed by atoms with E-state index in [-0.39, 0.29) is 43.3 Å². The van der Waals surface area contributed by atoms with Crippen molar-refractivity contribution < 1.29 is 33.3 Å². The zero-order valence-electron chi connectivity index (χ0n) is 19.2. The van der Waals surface area contributed by atoms with Crippen molar-refractivity contribution in [2.24, 2.45) is 0 Å². The first-order valence-corrected chi connectivity index (χ1v) is 11.9. The highest BCUT2D eigenvalue weighted by Crippen LogP contribution is 2.36. The number of carbonyl (C=O) groups is 2. The number of allylic oxidation sites excluding steroid dienone is 1. The molecule has 2 amide bonds. The van der Waals surface area contributed by atoms with Crippen LogP contribution in [-0.2, 0) is 23.8 Å². The minimum Gasteiger partial charge on any atom is -0.464 e. The molecule has 2 aliphatic heterocycles. The van der Waals surface area contributed by atoms with Crippen molar-refractivity contribution in [1.82, 2.24) is 10.2 Å². The maximum absolute atomic E-state index is 12.9. The maximum Gasteiger partial charge on any atom is 0.286 e. The van der Waals surface area contributed by atoms with Crippen LogP contribution in [0.1, 0.15) is 37.2 Å². The number of likely N-dealkylation sites (tertiary alicyclic amines) is 1. The highest BCUT2D eigenvalue weighted by atomic mass is 16.7. The summed E-state index contributed by atoms with van der Waals surface area (Å²) in [4.78, 5) is 26.5. The predicted octanol–water partition coefficient (Wildman–Crippen LogP) is 2.30. The van der Waals surface area contributed by atoms with Crippen molar-refractivity contribution in [2.75, 3.05) is 46.1 Å². The van der Waals surface area contributed by atoms with E-state index < -0.39 is 6.29 Å². The first kappa shape index (κ1) is 24.3. The molecular formula is C25H32N2O7. The maximum atomic E-state index is 12.9. The summed E-state index contributed by atoms with van der Waals surface area (Å²) in [6, 6.07) is 7.78. The largest absolute Gasteiger partial charge is 0.464 e. The number of nitrogens with zero attached hydrogens (tertiary/aromatic N) is 1. The number of aliphatic hydroxyl groups is 1. The average molecular weight is 473 g/mol. The molecule has 1 fully saturated rings. The summed E-state index contributed by atoms with van der Waals surface area (Å²) >= 11 is 0. The van der Waals surface area contributed by atoms with Gasteiger partial charge in [-0.1, -0.05) is 18.2 Å².